The molecule has 0 spiro atoms. The maximum Gasteiger partial charge on any atom is 0.487 e. The number of ether oxygens (including phenoxy) is 1. The van der Waals surface area contributed by atoms with Gasteiger partial charge >= 0.3 is 5.57 Å². The van der Waals surface area contributed by atoms with E-state index in [1.165, 1.54) is 30.6 Å². The van der Waals surface area contributed by atoms with Gasteiger partial charge < -0.3 is 19.7 Å². The number of fused-ring (bicyclic) bond motifs is 3. The Morgan fingerprint density at radius 2 is 1.94 bits per heavy atom. The highest BCUT2D eigenvalue weighted by molar-refractivity contribution is 6.20. The zero-order valence-electron chi connectivity index (χ0n) is 17.6. The van der Waals surface area contributed by atoms with E-state index in [2.05, 4.69) is 25.0 Å². The number of nitrogens with zero attached hydrogens (tertiary/aromatic N) is 4. The first kappa shape index (κ1) is 22.2. The maximum atomic E-state index is 13.1. The molecule has 0 radical (unpaired) electrons. The van der Waals surface area contributed by atoms with Gasteiger partial charge in [0, 0.05) is 52.9 Å². The van der Waals surface area contributed by atoms with Crippen molar-refractivity contribution >= 4 is 34.2 Å². The highest BCUT2D eigenvalue weighted by Crippen LogP contribution is 2.35. The van der Waals surface area contributed by atoms with Crippen LogP contribution in [0.2, 0.25) is 0 Å². The number of hydrogen-bond acceptors (Lipinski definition) is 6. The number of carbonyl (C=O) groups excluding carboxylic acids is 1. The van der Waals surface area contributed by atoms with Crippen molar-refractivity contribution in [3.8, 4) is 16.9 Å². The highest BCUT2D eigenvalue weighted by Gasteiger charge is 2.28. The number of aromatic nitrogens is 4. The Kier molecular flexibility index (Phi) is 5.62. The molecular formula is C23H18ClF2N5O3. The third-order valence-corrected chi connectivity index (χ3v) is 5.59. The van der Waals surface area contributed by atoms with E-state index in [9.17, 15) is 18.7 Å². The van der Waals surface area contributed by atoms with E-state index in [0.717, 1.165) is 11.9 Å². The van der Waals surface area contributed by atoms with Crippen LogP contribution in [0.5, 0.6) is 5.75 Å². The SMILES string of the molecule is O=C(Nc1ccc(OC(F)(F)Cl)cc1)c1cc(-c2cncnc2)c2c(c1)nc1n2CCC[C@H]1O. The summed E-state index contributed by atoms with van der Waals surface area (Å²) in [6.07, 6.45) is 5.46. The molecule has 174 valence electrons. The van der Waals surface area contributed by atoms with Gasteiger partial charge in [-0.15, -0.1) is 8.78 Å². The van der Waals surface area contributed by atoms with Crippen molar-refractivity contribution in [3.05, 3.63) is 66.5 Å². The van der Waals surface area contributed by atoms with Crippen molar-refractivity contribution in [2.24, 2.45) is 0 Å². The zero-order valence-corrected chi connectivity index (χ0v) is 18.3. The molecule has 0 saturated carbocycles. The van der Waals surface area contributed by atoms with Gasteiger partial charge in [-0.05, 0) is 49.2 Å². The molecule has 2 N–H and O–H groups in total. The fourth-order valence-electron chi connectivity index (χ4n) is 4.07. The van der Waals surface area contributed by atoms with Gasteiger partial charge in [-0.3, -0.25) is 4.79 Å². The average molecular weight is 486 g/mol. The summed E-state index contributed by atoms with van der Waals surface area (Å²) < 4.78 is 31.8. The number of aryl methyl sites for hydroxylation is 1. The molecule has 0 fully saturated rings. The number of amides is 1. The van der Waals surface area contributed by atoms with Gasteiger partial charge in [-0.25, -0.2) is 15.0 Å². The van der Waals surface area contributed by atoms with Gasteiger partial charge in [-0.1, -0.05) is 0 Å². The number of nitrogens with one attached hydrogen (secondary N) is 1. The molecule has 2 aromatic heterocycles. The monoisotopic (exact) mass is 485 g/mol. The minimum Gasteiger partial charge on any atom is -0.420 e. The van der Waals surface area contributed by atoms with Gasteiger partial charge in [-0.2, -0.15) is 0 Å². The van der Waals surface area contributed by atoms with E-state index in [-0.39, 0.29) is 5.75 Å². The third-order valence-electron chi connectivity index (χ3n) is 5.51. The molecule has 0 saturated heterocycles. The van der Waals surface area contributed by atoms with Crippen molar-refractivity contribution in [2.45, 2.75) is 31.1 Å². The zero-order chi connectivity index (χ0) is 23.9. The van der Waals surface area contributed by atoms with E-state index in [0.29, 0.717) is 46.7 Å². The fourth-order valence-corrected chi connectivity index (χ4v) is 4.16. The number of hydrogen-bond donors (Lipinski definition) is 2. The smallest absolute Gasteiger partial charge is 0.420 e. The molecule has 8 nitrogen and oxygen atoms in total. The number of aliphatic hydroxyl groups is 1. The number of aliphatic hydroxyl groups excluding tert-OH is 1. The van der Waals surface area contributed by atoms with Crippen molar-refractivity contribution in [1.29, 1.82) is 0 Å². The van der Waals surface area contributed by atoms with Crippen LogP contribution < -0.4 is 10.1 Å². The van der Waals surface area contributed by atoms with Crippen molar-refractivity contribution in [3.63, 3.8) is 0 Å². The van der Waals surface area contributed by atoms with Gasteiger partial charge in [0.15, 0.2) is 0 Å². The minimum absolute atomic E-state index is 0.145. The predicted octanol–water partition coefficient (Wildman–Crippen LogP) is 4.74. The van der Waals surface area contributed by atoms with E-state index in [1.54, 1.807) is 24.5 Å². The summed E-state index contributed by atoms with van der Waals surface area (Å²) in [7, 11) is 0. The van der Waals surface area contributed by atoms with Crippen molar-refractivity contribution < 1.29 is 23.4 Å². The lowest BCUT2D eigenvalue weighted by Gasteiger charge is -2.20. The molecule has 0 aliphatic carbocycles. The topological polar surface area (TPSA) is 102 Å². The Hall–Kier alpha value is -3.63. The van der Waals surface area contributed by atoms with Gasteiger partial charge in [0.25, 0.3) is 5.91 Å². The Morgan fingerprint density at radius 1 is 1.21 bits per heavy atom. The number of carbonyl (C=O) groups is 1. The summed E-state index contributed by atoms with van der Waals surface area (Å²) in [5.74, 6) is -0.0145. The first-order chi connectivity index (χ1) is 16.3. The molecule has 1 aliphatic heterocycles. The normalized spacial score (nSPS) is 15.7. The van der Waals surface area contributed by atoms with Gasteiger partial charge in [0.05, 0.1) is 11.0 Å². The molecule has 2 aromatic carbocycles. The highest BCUT2D eigenvalue weighted by atomic mass is 35.5. The van der Waals surface area contributed by atoms with Crippen LogP contribution in [0, 0.1) is 0 Å². The fraction of sp³-hybridized carbons (Fsp3) is 0.217. The molecule has 5 rings (SSSR count). The van der Waals surface area contributed by atoms with Gasteiger partial charge in [0.2, 0.25) is 0 Å². The van der Waals surface area contributed by atoms with E-state index in [4.69, 9.17) is 11.6 Å². The molecule has 34 heavy (non-hydrogen) atoms. The molecule has 3 heterocycles. The Bertz CT molecular complexity index is 1360. The standard InChI is InChI=1S/C23H18ClF2N5O3/c24-23(25,26)34-16-5-3-15(4-6-16)29-22(33)13-8-17(14-10-27-12-28-11-14)20-18(9-13)30-21-19(32)2-1-7-31(20)21/h3-6,8-12,19,32H,1-2,7H2,(H,29,33)/t19-/m1/s1. The molecule has 4 aromatic rings. The van der Waals surface area contributed by atoms with E-state index in [1.807, 2.05) is 4.57 Å². The van der Waals surface area contributed by atoms with Crippen LogP contribution >= 0.6 is 11.6 Å². The molecular weight excluding hydrogens is 468 g/mol. The molecule has 11 heteroatoms. The van der Waals surface area contributed by atoms with Crippen LogP contribution in [0.15, 0.2) is 55.1 Å². The number of rotatable bonds is 5. The maximum absolute atomic E-state index is 13.1. The first-order valence-corrected chi connectivity index (χ1v) is 10.8. The summed E-state index contributed by atoms with van der Waals surface area (Å²) >= 11 is 4.77. The first-order valence-electron chi connectivity index (χ1n) is 10.4. The summed E-state index contributed by atoms with van der Waals surface area (Å²) in [4.78, 5) is 25.9. The van der Waals surface area contributed by atoms with Crippen LogP contribution in [0.3, 0.4) is 0 Å². The van der Waals surface area contributed by atoms with E-state index >= 15 is 0 Å². The second-order valence-corrected chi connectivity index (χ2v) is 8.26. The second kappa shape index (κ2) is 8.62. The second-order valence-electron chi connectivity index (χ2n) is 7.82. The number of anilines is 1. The number of imidazole rings is 1. The van der Waals surface area contributed by atoms with Crippen LogP contribution in [0.4, 0.5) is 14.5 Å². The molecule has 0 bridgehead atoms. The lowest BCUT2D eigenvalue weighted by molar-refractivity contribution is -0.0964. The molecule has 1 aliphatic rings. The number of benzene rings is 2. The summed E-state index contributed by atoms with van der Waals surface area (Å²) in [5.41, 5.74) is -0.352. The molecule has 1 atom stereocenters. The molecule has 1 amide bonds. The van der Waals surface area contributed by atoms with Crippen LogP contribution in [-0.2, 0) is 6.54 Å². The number of alkyl halides is 3. The summed E-state index contributed by atoms with van der Waals surface area (Å²) in [6, 6.07) is 8.76. The van der Waals surface area contributed by atoms with E-state index < -0.39 is 17.6 Å². The van der Waals surface area contributed by atoms with Gasteiger partial charge in [0.1, 0.15) is 24.0 Å². The van der Waals surface area contributed by atoms with Crippen LogP contribution in [0.1, 0.15) is 35.1 Å². The number of halogens is 3. The Balaban J connectivity index is 1.52. The largest absolute Gasteiger partial charge is 0.487 e. The Morgan fingerprint density at radius 3 is 2.65 bits per heavy atom. The lowest BCUT2D eigenvalue weighted by Crippen LogP contribution is -2.16. The third kappa shape index (κ3) is 4.42. The van der Waals surface area contributed by atoms with Crippen LogP contribution in [-0.4, -0.2) is 36.1 Å². The average Bonchev–Trinajstić information content (AvgIpc) is 3.19. The minimum atomic E-state index is -3.82. The van der Waals surface area contributed by atoms with Crippen LogP contribution in [0.25, 0.3) is 22.2 Å². The Labute approximate surface area is 197 Å². The molecule has 0 unspecified atom stereocenters. The predicted molar refractivity (Wildman–Crippen MR) is 121 cm³/mol. The van der Waals surface area contributed by atoms with Crippen molar-refractivity contribution in [1.82, 2.24) is 19.5 Å². The summed E-state index contributed by atoms with van der Waals surface area (Å²) in [6.45, 7) is 0.699. The summed E-state index contributed by atoms with van der Waals surface area (Å²) in [5, 5.41) is 13.2. The van der Waals surface area contributed by atoms with Crippen molar-refractivity contribution in [2.75, 3.05) is 5.32 Å². The quantitative estimate of drug-likeness (QED) is 0.396. The lowest BCUT2D eigenvalue weighted by atomic mass is 10.0.